The van der Waals surface area contributed by atoms with Crippen LogP contribution in [0.25, 0.3) is 0 Å². The van der Waals surface area contributed by atoms with Crippen LogP contribution >= 0.6 is 0 Å². The molecule has 0 radical (unpaired) electrons. The second kappa shape index (κ2) is 10.3. The first-order valence-corrected chi connectivity index (χ1v) is 9.91. The lowest BCUT2D eigenvalue weighted by Crippen LogP contribution is -2.50. The topological polar surface area (TPSA) is 64.7 Å². The van der Waals surface area contributed by atoms with Crippen molar-refractivity contribution >= 4 is 11.8 Å². The van der Waals surface area contributed by atoms with Crippen molar-refractivity contribution in [2.45, 2.75) is 12.6 Å². The maximum atomic E-state index is 13.6. The molecule has 0 bridgehead atoms. The zero-order valence-electron chi connectivity index (χ0n) is 16.9. The molecule has 3 rings (SSSR count). The summed E-state index contributed by atoms with van der Waals surface area (Å²) in [4.78, 5) is 29.1. The molecule has 2 amide bonds. The Hall–Kier alpha value is -2.84. The van der Waals surface area contributed by atoms with Crippen molar-refractivity contribution in [3.8, 4) is 0 Å². The Kier molecular flexibility index (Phi) is 7.48. The van der Waals surface area contributed by atoms with Crippen LogP contribution in [-0.2, 0) is 16.1 Å². The molecule has 160 valence electrons. The maximum Gasteiger partial charge on any atom is 0.246 e. The monoisotopic (exact) mass is 416 g/mol. The van der Waals surface area contributed by atoms with E-state index in [1.54, 1.807) is 0 Å². The molecule has 6 nitrogen and oxygen atoms in total. The van der Waals surface area contributed by atoms with Gasteiger partial charge in [-0.1, -0.05) is 36.4 Å². The highest BCUT2D eigenvalue weighted by Gasteiger charge is 2.25. The molecule has 2 N–H and O–H groups in total. The minimum Gasteiger partial charge on any atom is -0.357 e. The van der Waals surface area contributed by atoms with Gasteiger partial charge >= 0.3 is 0 Å². The Morgan fingerprint density at radius 1 is 0.967 bits per heavy atom. The first-order valence-electron chi connectivity index (χ1n) is 9.91. The number of nitrogens with one attached hydrogen (secondary N) is 2. The summed E-state index contributed by atoms with van der Waals surface area (Å²) in [6.45, 7) is 4.15. The highest BCUT2D eigenvalue weighted by molar-refractivity contribution is 5.89. The Bertz CT molecular complexity index is 871. The van der Waals surface area contributed by atoms with Crippen LogP contribution in [0.5, 0.6) is 0 Å². The first-order chi connectivity index (χ1) is 14.5. The van der Waals surface area contributed by atoms with Crippen LogP contribution in [0.2, 0.25) is 0 Å². The lowest BCUT2D eigenvalue weighted by molar-refractivity contribution is -0.129. The van der Waals surface area contributed by atoms with E-state index in [9.17, 15) is 18.4 Å². The highest BCUT2D eigenvalue weighted by atomic mass is 19.2. The first kappa shape index (κ1) is 21.9. The van der Waals surface area contributed by atoms with Gasteiger partial charge < -0.3 is 10.6 Å². The van der Waals surface area contributed by atoms with Crippen LogP contribution in [0, 0.1) is 11.6 Å². The van der Waals surface area contributed by atoms with Gasteiger partial charge in [-0.2, -0.15) is 0 Å². The van der Waals surface area contributed by atoms with Gasteiger partial charge in [0.1, 0.15) is 6.04 Å². The average molecular weight is 416 g/mol. The van der Waals surface area contributed by atoms with Gasteiger partial charge in [0.2, 0.25) is 11.8 Å². The summed E-state index contributed by atoms with van der Waals surface area (Å²) in [5.41, 5.74) is 1.44. The molecule has 0 aliphatic carbocycles. The molecular formula is C22H26F2N4O2. The van der Waals surface area contributed by atoms with Crippen molar-refractivity contribution in [3.63, 3.8) is 0 Å². The molecule has 1 saturated heterocycles. The number of rotatable bonds is 7. The van der Waals surface area contributed by atoms with E-state index in [2.05, 4.69) is 27.7 Å². The fourth-order valence-corrected chi connectivity index (χ4v) is 3.49. The molecule has 1 unspecified atom stereocenters. The van der Waals surface area contributed by atoms with E-state index in [0.717, 1.165) is 44.9 Å². The van der Waals surface area contributed by atoms with Crippen molar-refractivity contribution in [3.05, 3.63) is 71.3 Å². The summed E-state index contributed by atoms with van der Waals surface area (Å²) in [5, 5.41) is 5.08. The standard InChI is InChI=1S/C22H26F2N4O2/c1-25-22(30)21(17-7-8-18(23)19(24)13-17)26-20(29)15-28-11-9-27(10-12-28)14-16-5-3-2-4-6-16/h2-8,13,21H,9-12,14-15H2,1H3,(H,25,30)(H,26,29). The molecule has 8 heteroatoms. The number of hydrogen-bond acceptors (Lipinski definition) is 4. The summed E-state index contributed by atoms with van der Waals surface area (Å²) in [7, 11) is 1.42. The van der Waals surface area contributed by atoms with Crippen LogP contribution < -0.4 is 10.6 Å². The van der Waals surface area contributed by atoms with Gasteiger partial charge in [0, 0.05) is 39.8 Å². The molecule has 0 spiro atoms. The zero-order valence-corrected chi connectivity index (χ0v) is 16.9. The third-order valence-corrected chi connectivity index (χ3v) is 5.17. The molecule has 1 fully saturated rings. The van der Waals surface area contributed by atoms with Crippen LogP contribution in [0.1, 0.15) is 17.2 Å². The number of amides is 2. The Labute approximate surface area is 174 Å². The summed E-state index contributed by atoms with van der Waals surface area (Å²) in [6, 6.07) is 12.3. The van der Waals surface area contributed by atoms with Gasteiger partial charge in [0.15, 0.2) is 11.6 Å². The molecule has 30 heavy (non-hydrogen) atoms. The number of likely N-dealkylation sites (N-methyl/N-ethyl adjacent to an activating group) is 1. The maximum absolute atomic E-state index is 13.6. The van der Waals surface area contributed by atoms with Gasteiger partial charge in [-0.25, -0.2) is 8.78 Å². The number of hydrogen-bond donors (Lipinski definition) is 2. The number of piperazine rings is 1. The lowest BCUT2D eigenvalue weighted by Gasteiger charge is -2.34. The average Bonchev–Trinajstić information content (AvgIpc) is 2.75. The van der Waals surface area contributed by atoms with E-state index in [1.807, 2.05) is 23.1 Å². The molecule has 2 aromatic rings. The van der Waals surface area contributed by atoms with Crippen LogP contribution in [0.4, 0.5) is 8.78 Å². The quantitative estimate of drug-likeness (QED) is 0.721. The van der Waals surface area contributed by atoms with Crippen molar-refractivity contribution in [2.75, 3.05) is 39.8 Å². The van der Waals surface area contributed by atoms with Crippen molar-refractivity contribution in [2.24, 2.45) is 0 Å². The van der Waals surface area contributed by atoms with Gasteiger partial charge in [-0.05, 0) is 23.3 Å². The summed E-state index contributed by atoms with van der Waals surface area (Å²) < 4.78 is 26.8. The third-order valence-electron chi connectivity index (χ3n) is 5.17. The minimum absolute atomic E-state index is 0.135. The normalized spacial score (nSPS) is 16.1. The van der Waals surface area contributed by atoms with E-state index in [0.29, 0.717) is 0 Å². The van der Waals surface area contributed by atoms with Crippen molar-refractivity contribution in [1.29, 1.82) is 0 Å². The lowest BCUT2D eigenvalue weighted by atomic mass is 10.1. The number of nitrogens with zero attached hydrogens (tertiary/aromatic N) is 2. The number of carbonyl (C=O) groups is 2. The van der Waals surface area contributed by atoms with Gasteiger partial charge in [0.05, 0.1) is 6.54 Å². The van der Waals surface area contributed by atoms with Crippen molar-refractivity contribution < 1.29 is 18.4 Å². The summed E-state index contributed by atoms with van der Waals surface area (Å²) >= 11 is 0. The smallest absolute Gasteiger partial charge is 0.246 e. The summed E-state index contributed by atoms with van der Waals surface area (Å²) in [6.07, 6.45) is 0. The number of benzene rings is 2. The number of carbonyl (C=O) groups excluding carboxylic acids is 2. The Morgan fingerprint density at radius 3 is 2.27 bits per heavy atom. The summed E-state index contributed by atoms with van der Waals surface area (Å²) in [5.74, 6) is -2.91. The molecule has 0 aromatic heterocycles. The van der Waals surface area contributed by atoms with E-state index in [1.165, 1.54) is 18.7 Å². The predicted molar refractivity (Wildman–Crippen MR) is 109 cm³/mol. The molecule has 1 heterocycles. The van der Waals surface area contributed by atoms with Crippen LogP contribution in [-0.4, -0.2) is 61.4 Å². The Balaban J connectivity index is 1.53. The third kappa shape index (κ3) is 5.84. The SMILES string of the molecule is CNC(=O)C(NC(=O)CN1CCN(Cc2ccccc2)CC1)c1ccc(F)c(F)c1. The van der Waals surface area contributed by atoms with E-state index in [4.69, 9.17) is 0 Å². The molecule has 1 aliphatic rings. The van der Waals surface area contributed by atoms with Crippen LogP contribution in [0.3, 0.4) is 0 Å². The van der Waals surface area contributed by atoms with Gasteiger partial charge in [-0.3, -0.25) is 19.4 Å². The molecule has 2 aromatic carbocycles. The Morgan fingerprint density at radius 2 is 1.63 bits per heavy atom. The van der Waals surface area contributed by atoms with Crippen LogP contribution in [0.15, 0.2) is 48.5 Å². The van der Waals surface area contributed by atoms with E-state index >= 15 is 0 Å². The fourth-order valence-electron chi connectivity index (χ4n) is 3.49. The van der Waals surface area contributed by atoms with Gasteiger partial charge in [0.25, 0.3) is 0 Å². The predicted octanol–water partition coefficient (Wildman–Crippen LogP) is 1.69. The highest BCUT2D eigenvalue weighted by Crippen LogP contribution is 2.17. The second-order valence-electron chi connectivity index (χ2n) is 7.33. The second-order valence-corrected chi connectivity index (χ2v) is 7.33. The molecular weight excluding hydrogens is 390 g/mol. The minimum atomic E-state index is -1.09. The van der Waals surface area contributed by atoms with E-state index < -0.39 is 23.6 Å². The van der Waals surface area contributed by atoms with Crippen molar-refractivity contribution in [1.82, 2.24) is 20.4 Å². The number of halogens is 2. The van der Waals surface area contributed by atoms with Gasteiger partial charge in [-0.15, -0.1) is 0 Å². The largest absolute Gasteiger partial charge is 0.357 e. The fraction of sp³-hybridized carbons (Fsp3) is 0.364. The molecule has 1 aliphatic heterocycles. The molecule has 0 saturated carbocycles. The zero-order chi connectivity index (χ0) is 21.5. The molecule has 1 atom stereocenters. The van der Waals surface area contributed by atoms with E-state index in [-0.39, 0.29) is 18.0 Å².